The van der Waals surface area contributed by atoms with E-state index in [1.54, 1.807) is 11.3 Å². The van der Waals surface area contributed by atoms with Crippen molar-refractivity contribution in [2.45, 2.75) is 26.3 Å². The molecule has 0 aliphatic heterocycles. The third kappa shape index (κ3) is 3.14. The molecule has 0 saturated heterocycles. The van der Waals surface area contributed by atoms with Crippen LogP contribution in [0.1, 0.15) is 34.8 Å². The molecule has 2 aromatic rings. The third-order valence-corrected chi connectivity index (χ3v) is 3.63. The zero-order chi connectivity index (χ0) is 12.1. The molecule has 2 rings (SSSR count). The summed E-state index contributed by atoms with van der Waals surface area (Å²) in [4.78, 5) is 5.64. The molecule has 1 heterocycles. The van der Waals surface area contributed by atoms with Gasteiger partial charge in [-0.25, -0.2) is 4.98 Å². The maximum atomic E-state index is 4.35. The molecule has 0 spiro atoms. The molecule has 0 aliphatic carbocycles. The summed E-state index contributed by atoms with van der Waals surface area (Å²) < 4.78 is 0. The number of thiazole rings is 1. The SMILES string of the molecule is CCCNC(c1ccccc1)c1cnc(C)s1. The van der Waals surface area contributed by atoms with Crippen LogP contribution in [0.15, 0.2) is 36.5 Å². The van der Waals surface area contributed by atoms with Crippen molar-refractivity contribution in [1.82, 2.24) is 10.3 Å². The van der Waals surface area contributed by atoms with Crippen LogP contribution in [-0.4, -0.2) is 11.5 Å². The summed E-state index contributed by atoms with van der Waals surface area (Å²) in [5.41, 5.74) is 1.31. The molecule has 1 aromatic heterocycles. The molecule has 0 saturated carbocycles. The standard InChI is InChI=1S/C14H18N2S/c1-3-9-15-14(12-7-5-4-6-8-12)13-10-16-11(2)17-13/h4-8,10,14-15H,3,9H2,1-2H3. The summed E-state index contributed by atoms with van der Waals surface area (Å²) in [5, 5.41) is 4.71. The van der Waals surface area contributed by atoms with Crippen molar-refractivity contribution in [3.8, 4) is 0 Å². The highest BCUT2D eigenvalue weighted by Crippen LogP contribution is 2.26. The van der Waals surface area contributed by atoms with Crippen molar-refractivity contribution in [3.05, 3.63) is 52.0 Å². The van der Waals surface area contributed by atoms with Crippen LogP contribution in [-0.2, 0) is 0 Å². The Kier molecular flexibility index (Phi) is 4.29. The third-order valence-electron chi connectivity index (χ3n) is 2.66. The van der Waals surface area contributed by atoms with E-state index in [1.165, 1.54) is 10.4 Å². The van der Waals surface area contributed by atoms with Gasteiger partial charge >= 0.3 is 0 Å². The summed E-state index contributed by atoms with van der Waals surface area (Å²) >= 11 is 1.77. The Morgan fingerprint density at radius 3 is 2.65 bits per heavy atom. The number of rotatable bonds is 5. The number of benzene rings is 1. The highest BCUT2D eigenvalue weighted by Gasteiger charge is 2.15. The largest absolute Gasteiger partial charge is 0.306 e. The lowest BCUT2D eigenvalue weighted by Gasteiger charge is -2.17. The monoisotopic (exact) mass is 246 g/mol. The fourth-order valence-corrected chi connectivity index (χ4v) is 2.72. The summed E-state index contributed by atoms with van der Waals surface area (Å²) in [6.07, 6.45) is 3.13. The number of aromatic nitrogens is 1. The molecule has 0 fully saturated rings. The van der Waals surface area contributed by atoms with Gasteiger partial charge < -0.3 is 5.32 Å². The van der Waals surface area contributed by atoms with E-state index in [1.807, 2.05) is 6.20 Å². The van der Waals surface area contributed by atoms with Crippen LogP contribution in [0.25, 0.3) is 0 Å². The fourth-order valence-electron chi connectivity index (χ4n) is 1.83. The minimum atomic E-state index is 0.280. The quantitative estimate of drug-likeness (QED) is 0.873. The number of aryl methyl sites for hydroxylation is 1. The van der Waals surface area contributed by atoms with Gasteiger partial charge in [-0.05, 0) is 25.5 Å². The molecule has 1 atom stereocenters. The molecule has 2 nitrogen and oxygen atoms in total. The minimum Gasteiger partial charge on any atom is -0.306 e. The first-order chi connectivity index (χ1) is 8.31. The maximum Gasteiger partial charge on any atom is 0.0897 e. The van der Waals surface area contributed by atoms with E-state index in [9.17, 15) is 0 Å². The second kappa shape index (κ2) is 5.94. The van der Waals surface area contributed by atoms with Crippen LogP contribution in [0.5, 0.6) is 0 Å². The molecular weight excluding hydrogens is 228 g/mol. The van der Waals surface area contributed by atoms with Gasteiger partial charge in [-0.1, -0.05) is 37.3 Å². The van der Waals surface area contributed by atoms with Crippen molar-refractivity contribution >= 4 is 11.3 Å². The van der Waals surface area contributed by atoms with E-state index < -0.39 is 0 Å². The molecule has 90 valence electrons. The van der Waals surface area contributed by atoms with Crippen LogP contribution in [0.3, 0.4) is 0 Å². The van der Waals surface area contributed by atoms with Crippen LogP contribution in [0.2, 0.25) is 0 Å². The van der Waals surface area contributed by atoms with Gasteiger partial charge in [0.1, 0.15) is 0 Å². The Morgan fingerprint density at radius 2 is 2.06 bits per heavy atom. The first-order valence-electron chi connectivity index (χ1n) is 6.02. The summed E-state index contributed by atoms with van der Waals surface area (Å²) in [6.45, 7) is 5.26. The first kappa shape index (κ1) is 12.3. The Bertz CT molecular complexity index is 450. The second-order valence-electron chi connectivity index (χ2n) is 4.08. The van der Waals surface area contributed by atoms with Crippen LogP contribution < -0.4 is 5.32 Å². The lowest BCUT2D eigenvalue weighted by molar-refractivity contribution is 0.605. The van der Waals surface area contributed by atoms with Crippen molar-refractivity contribution in [2.24, 2.45) is 0 Å². The molecule has 0 radical (unpaired) electrons. The van der Waals surface area contributed by atoms with Crippen molar-refractivity contribution < 1.29 is 0 Å². The van der Waals surface area contributed by atoms with Crippen LogP contribution >= 0.6 is 11.3 Å². The highest BCUT2D eigenvalue weighted by molar-refractivity contribution is 7.11. The Hall–Kier alpha value is -1.19. The molecule has 0 bridgehead atoms. The molecule has 1 unspecified atom stereocenters. The highest BCUT2D eigenvalue weighted by atomic mass is 32.1. The lowest BCUT2D eigenvalue weighted by Crippen LogP contribution is -2.22. The smallest absolute Gasteiger partial charge is 0.0897 e. The van der Waals surface area contributed by atoms with Crippen LogP contribution in [0, 0.1) is 6.92 Å². The van der Waals surface area contributed by atoms with E-state index in [2.05, 4.69) is 54.5 Å². The fraction of sp³-hybridized carbons (Fsp3) is 0.357. The molecule has 1 aromatic carbocycles. The van der Waals surface area contributed by atoms with Crippen molar-refractivity contribution in [3.63, 3.8) is 0 Å². The van der Waals surface area contributed by atoms with Crippen molar-refractivity contribution in [2.75, 3.05) is 6.54 Å². The minimum absolute atomic E-state index is 0.280. The average Bonchev–Trinajstić information content (AvgIpc) is 2.78. The van der Waals surface area contributed by atoms with Gasteiger partial charge in [-0.2, -0.15) is 0 Å². The number of hydrogen-bond donors (Lipinski definition) is 1. The lowest BCUT2D eigenvalue weighted by atomic mass is 10.1. The Labute approximate surface area is 107 Å². The van der Waals surface area contributed by atoms with Gasteiger partial charge in [0.2, 0.25) is 0 Å². The van der Waals surface area contributed by atoms with E-state index in [0.29, 0.717) is 0 Å². The van der Waals surface area contributed by atoms with E-state index in [0.717, 1.165) is 18.0 Å². The molecule has 3 heteroatoms. The Morgan fingerprint density at radius 1 is 1.29 bits per heavy atom. The number of nitrogens with one attached hydrogen (secondary N) is 1. The topological polar surface area (TPSA) is 24.9 Å². The molecule has 1 N–H and O–H groups in total. The summed E-state index contributed by atoms with van der Waals surface area (Å²) in [7, 11) is 0. The van der Waals surface area contributed by atoms with E-state index in [4.69, 9.17) is 0 Å². The molecule has 0 amide bonds. The number of hydrogen-bond acceptors (Lipinski definition) is 3. The van der Waals surface area contributed by atoms with Gasteiger partial charge in [-0.15, -0.1) is 11.3 Å². The zero-order valence-corrected chi connectivity index (χ0v) is 11.1. The van der Waals surface area contributed by atoms with Crippen LogP contribution in [0.4, 0.5) is 0 Å². The van der Waals surface area contributed by atoms with Gasteiger partial charge in [0.25, 0.3) is 0 Å². The summed E-state index contributed by atoms with van der Waals surface area (Å²) in [5.74, 6) is 0. The number of nitrogens with zero attached hydrogens (tertiary/aromatic N) is 1. The molecule has 17 heavy (non-hydrogen) atoms. The van der Waals surface area contributed by atoms with Gasteiger partial charge in [0.15, 0.2) is 0 Å². The zero-order valence-electron chi connectivity index (χ0n) is 10.3. The predicted octanol–water partition coefficient (Wildman–Crippen LogP) is 3.54. The second-order valence-corrected chi connectivity index (χ2v) is 5.35. The maximum absolute atomic E-state index is 4.35. The summed E-state index contributed by atoms with van der Waals surface area (Å²) in [6, 6.07) is 10.8. The first-order valence-corrected chi connectivity index (χ1v) is 6.83. The Balaban J connectivity index is 2.25. The van der Waals surface area contributed by atoms with Gasteiger partial charge in [-0.3, -0.25) is 0 Å². The predicted molar refractivity (Wildman–Crippen MR) is 73.4 cm³/mol. The van der Waals surface area contributed by atoms with E-state index in [-0.39, 0.29) is 6.04 Å². The van der Waals surface area contributed by atoms with Gasteiger partial charge in [0, 0.05) is 11.1 Å². The van der Waals surface area contributed by atoms with Gasteiger partial charge in [0.05, 0.1) is 11.0 Å². The normalized spacial score (nSPS) is 12.6. The average molecular weight is 246 g/mol. The van der Waals surface area contributed by atoms with E-state index >= 15 is 0 Å². The molecule has 0 aliphatic rings. The molecular formula is C14H18N2S. The van der Waals surface area contributed by atoms with Crippen molar-refractivity contribution in [1.29, 1.82) is 0 Å².